The second kappa shape index (κ2) is 8.20. The predicted molar refractivity (Wildman–Crippen MR) is 92.8 cm³/mol. The van der Waals surface area contributed by atoms with E-state index in [1.165, 1.54) is 11.1 Å². The summed E-state index contributed by atoms with van der Waals surface area (Å²) in [6, 6.07) is 8.70. The van der Waals surface area contributed by atoms with Gasteiger partial charge < -0.3 is 15.0 Å². The van der Waals surface area contributed by atoms with E-state index < -0.39 is 0 Å². The highest BCUT2D eigenvalue weighted by Crippen LogP contribution is 2.30. The Morgan fingerprint density at radius 2 is 2.14 bits per heavy atom. The predicted octanol–water partition coefficient (Wildman–Crippen LogP) is 2.02. The van der Waals surface area contributed by atoms with Crippen LogP contribution >= 0.6 is 24.2 Å². The number of ether oxygens (including phenoxy) is 1. The summed E-state index contributed by atoms with van der Waals surface area (Å²) >= 11 is 1.92. The van der Waals surface area contributed by atoms with Crippen LogP contribution in [0.2, 0.25) is 0 Å². The molecule has 0 bridgehead atoms. The van der Waals surface area contributed by atoms with Gasteiger partial charge in [0, 0.05) is 31.1 Å². The molecular formula is C16H23ClN2O2S. The number of nitrogens with one attached hydrogen (secondary N) is 1. The fourth-order valence-corrected chi connectivity index (χ4v) is 3.93. The Kier molecular flexibility index (Phi) is 6.56. The van der Waals surface area contributed by atoms with Gasteiger partial charge in [0.15, 0.2) is 0 Å². The Labute approximate surface area is 142 Å². The Morgan fingerprint density at radius 1 is 1.36 bits per heavy atom. The summed E-state index contributed by atoms with van der Waals surface area (Å²) in [5.74, 6) is 2.11. The molecule has 2 atom stereocenters. The maximum atomic E-state index is 12.8. The van der Waals surface area contributed by atoms with Crippen LogP contribution in [-0.4, -0.2) is 54.7 Å². The van der Waals surface area contributed by atoms with Gasteiger partial charge >= 0.3 is 0 Å². The van der Waals surface area contributed by atoms with Gasteiger partial charge in [0.2, 0.25) is 0 Å². The third-order valence-electron chi connectivity index (χ3n) is 4.08. The van der Waals surface area contributed by atoms with E-state index in [0.717, 1.165) is 24.6 Å². The van der Waals surface area contributed by atoms with Gasteiger partial charge in [0.05, 0.1) is 12.6 Å². The van der Waals surface area contributed by atoms with Crippen molar-refractivity contribution in [2.24, 2.45) is 0 Å². The summed E-state index contributed by atoms with van der Waals surface area (Å²) in [6.07, 6.45) is -0.324. The van der Waals surface area contributed by atoms with E-state index in [4.69, 9.17) is 4.74 Å². The van der Waals surface area contributed by atoms with Crippen molar-refractivity contribution in [1.82, 2.24) is 10.2 Å². The second-order valence-electron chi connectivity index (χ2n) is 5.60. The molecule has 0 aliphatic carbocycles. The molecule has 2 heterocycles. The molecule has 122 valence electrons. The summed E-state index contributed by atoms with van der Waals surface area (Å²) < 4.78 is 5.64. The van der Waals surface area contributed by atoms with Gasteiger partial charge in [0.1, 0.15) is 6.10 Å². The number of aryl methyl sites for hydroxylation is 1. The minimum atomic E-state index is -0.324. The lowest BCUT2D eigenvalue weighted by Gasteiger charge is -2.38. The molecule has 2 saturated heterocycles. The van der Waals surface area contributed by atoms with Crippen molar-refractivity contribution in [3.63, 3.8) is 0 Å². The first kappa shape index (κ1) is 17.6. The van der Waals surface area contributed by atoms with Crippen molar-refractivity contribution in [2.75, 3.05) is 37.7 Å². The second-order valence-corrected chi connectivity index (χ2v) is 6.75. The molecule has 1 amide bonds. The average Bonchev–Trinajstić information content (AvgIpc) is 2.56. The number of hydrogen-bond acceptors (Lipinski definition) is 4. The SMILES string of the molecule is Cc1ccc(C2CSCCN2C(=O)C2CNCCO2)cc1.Cl. The molecule has 22 heavy (non-hydrogen) atoms. The monoisotopic (exact) mass is 342 g/mol. The number of carbonyl (C=O) groups excluding carboxylic acids is 1. The average molecular weight is 343 g/mol. The Balaban J connectivity index is 0.00000176. The van der Waals surface area contributed by atoms with Gasteiger partial charge in [0.25, 0.3) is 5.91 Å². The Morgan fingerprint density at radius 3 is 2.82 bits per heavy atom. The molecule has 0 spiro atoms. The summed E-state index contributed by atoms with van der Waals surface area (Å²) in [5.41, 5.74) is 2.48. The van der Waals surface area contributed by atoms with Crippen molar-refractivity contribution in [2.45, 2.75) is 19.1 Å². The van der Waals surface area contributed by atoms with Crippen molar-refractivity contribution in [3.8, 4) is 0 Å². The fraction of sp³-hybridized carbons (Fsp3) is 0.562. The largest absolute Gasteiger partial charge is 0.366 e. The Bertz CT molecular complexity index is 491. The first-order valence-corrected chi connectivity index (χ1v) is 8.68. The maximum Gasteiger partial charge on any atom is 0.253 e. The van der Waals surface area contributed by atoms with Crippen molar-refractivity contribution in [3.05, 3.63) is 35.4 Å². The third-order valence-corrected chi connectivity index (χ3v) is 5.10. The number of nitrogens with zero attached hydrogens (tertiary/aromatic N) is 1. The molecule has 1 N–H and O–H groups in total. The lowest BCUT2D eigenvalue weighted by molar-refractivity contribution is -0.147. The van der Waals surface area contributed by atoms with Crippen LogP contribution in [0.15, 0.2) is 24.3 Å². The van der Waals surface area contributed by atoms with E-state index in [-0.39, 0.29) is 30.5 Å². The summed E-state index contributed by atoms with van der Waals surface area (Å²) in [7, 11) is 0. The molecule has 4 nitrogen and oxygen atoms in total. The molecule has 2 aliphatic heterocycles. The number of amides is 1. The highest BCUT2D eigenvalue weighted by atomic mass is 35.5. The number of thioether (sulfide) groups is 1. The zero-order chi connectivity index (χ0) is 14.7. The quantitative estimate of drug-likeness (QED) is 0.893. The maximum absolute atomic E-state index is 12.8. The molecule has 0 aromatic heterocycles. The molecule has 1 aromatic carbocycles. The molecule has 2 fully saturated rings. The number of carbonyl (C=O) groups is 1. The van der Waals surface area contributed by atoms with Gasteiger partial charge in [-0.05, 0) is 12.5 Å². The van der Waals surface area contributed by atoms with Crippen molar-refractivity contribution >= 4 is 30.1 Å². The van der Waals surface area contributed by atoms with Crippen LogP contribution < -0.4 is 5.32 Å². The van der Waals surface area contributed by atoms with Crippen LogP contribution in [0.4, 0.5) is 0 Å². The number of morpholine rings is 1. The normalized spacial score (nSPS) is 25.4. The van der Waals surface area contributed by atoms with E-state index in [0.29, 0.717) is 13.2 Å². The first-order valence-electron chi connectivity index (χ1n) is 7.53. The van der Waals surface area contributed by atoms with Gasteiger partial charge in [-0.1, -0.05) is 29.8 Å². The van der Waals surface area contributed by atoms with E-state index in [1.807, 2.05) is 16.7 Å². The zero-order valence-corrected chi connectivity index (χ0v) is 14.4. The smallest absolute Gasteiger partial charge is 0.253 e. The minimum Gasteiger partial charge on any atom is -0.366 e. The molecule has 0 radical (unpaired) electrons. The highest BCUT2D eigenvalue weighted by molar-refractivity contribution is 7.99. The number of hydrogen-bond donors (Lipinski definition) is 1. The van der Waals surface area contributed by atoms with Crippen LogP contribution in [0.5, 0.6) is 0 Å². The molecule has 1 aromatic rings. The van der Waals surface area contributed by atoms with Crippen LogP contribution in [0.25, 0.3) is 0 Å². The van der Waals surface area contributed by atoms with Gasteiger partial charge in [-0.15, -0.1) is 12.4 Å². The minimum absolute atomic E-state index is 0. The van der Waals surface area contributed by atoms with Crippen LogP contribution in [0, 0.1) is 6.92 Å². The van der Waals surface area contributed by atoms with Crippen LogP contribution in [0.1, 0.15) is 17.2 Å². The summed E-state index contributed by atoms with van der Waals surface area (Å²) in [4.78, 5) is 14.8. The van der Waals surface area contributed by atoms with Crippen LogP contribution in [0.3, 0.4) is 0 Å². The topological polar surface area (TPSA) is 41.6 Å². The molecule has 3 rings (SSSR count). The van der Waals surface area contributed by atoms with Gasteiger partial charge in [-0.3, -0.25) is 4.79 Å². The lowest BCUT2D eigenvalue weighted by atomic mass is 10.0. The van der Waals surface area contributed by atoms with Crippen LogP contribution in [-0.2, 0) is 9.53 Å². The molecule has 6 heteroatoms. The lowest BCUT2D eigenvalue weighted by Crippen LogP contribution is -2.52. The molecule has 2 unspecified atom stereocenters. The van der Waals surface area contributed by atoms with E-state index >= 15 is 0 Å². The Hall–Kier alpha value is -0.750. The van der Waals surface area contributed by atoms with E-state index in [1.54, 1.807) is 0 Å². The van der Waals surface area contributed by atoms with Gasteiger partial charge in [-0.2, -0.15) is 11.8 Å². The number of rotatable bonds is 2. The van der Waals surface area contributed by atoms with Gasteiger partial charge in [-0.25, -0.2) is 0 Å². The standard InChI is InChI=1S/C16H22N2O2S.ClH/c1-12-2-4-13(5-3-12)14-11-21-9-7-18(14)16(19)15-10-17-6-8-20-15;/h2-5,14-15,17H,6-11H2,1H3;1H. The van der Waals surface area contributed by atoms with E-state index in [2.05, 4.69) is 36.5 Å². The third kappa shape index (κ3) is 3.96. The summed E-state index contributed by atoms with van der Waals surface area (Å²) in [6.45, 7) is 4.98. The fourth-order valence-electron chi connectivity index (χ4n) is 2.84. The van der Waals surface area contributed by atoms with Crippen molar-refractivity contribution < 1.29 is 9.53 Å². The highest BCUT2D eigenvalue weighted by Gasteiger charge is 2.33. The number of benzene rings is 1. The molecule has 2 aliphatic rings. The first-order chi connectivity index (χ1) is 10.3. The zero-order valence-electron chi connectivity index (χ0n) is 12.8. The molecular weight excluding hydrogens is 320 g/mol. The number of halogens is 1. The summed E-state index contributed by atoms with van der Waals surface area (Å²) in [5, 5.41) is 3.24. The van der Waals surface area contributed by atoms with Crippen molar-refractivity contribution in [1.29, 1.82) is 0 Å². The van der Waals surface area contributed by atoms with E-state index in [9.17, 15) is 4.79 Å². The molecule has 0 saturated carbocycles.